The van der Waals surface area contributed by atoms with Crippen molar-refractivity contribution in [3.8, 4) is 16.8 Å². The first kappa shape index (κ1) is 34.1. The molecule has 2 nitrogen and oxygen atoms in total. The predicted molar refractivity (Wildman–Crippen MR) is 239 cm³/mol. The zero-order valence-corrected chi connectivity index (χ0v) is 32.7. The lowest BCUT2D eigenvalue weighted by atomic mass is 9.79. The van der Waals surface area contributed by atoms with Gasteiger partial charge >= 0.3 is 0 Å². The molecule has 0 aliphatic heterocycles. The van der Waals surface area contributed by atoms with Gasteiger partial charge in [-0.3, -0.25) is 0 Å². The maximum atomic E-state index is 2.47. The highest BCUT2D eigenvalue weighted by atomic mass is 15.1. The molecule has 0 fully saturated rings. The fraction of sp³-hybridized carbons (Fsp3) is 0.148. The van der Waals surface area contributed by atoms with Crippen LogP contribution in [0.1, 0.15) is 67.0 Å². The largest absolute Gasteiger partial charge is 0.310 e. The minimum absolute atomic E-state index is 0.0871. The predicted octanol–water partition coefficient (Wildman–Crippen LogP) is 14.7. The molecule has 0 bridgehead atoms. The van der Waals surface area contributed by atoms with Crippen molar-refractivity contribution in [3.63, 3.8) is 0 Å². The Labute approximate surface area is 330 Å². The van der Waals surface area contributed by atoms with E-state index in [0.29, 0.717) is 0 Å². The maximum absolute atomic E-state index is 2.47. The lowest BCUT2D eigenvalue weighted by Gasteiger charge is -2.29. The van der Waals surface area contributed by atoms with Gasteiger partial charge in [0, 0.05) is 38.9 Å². The van der Waals surface area contributed by atoms with Crippen molar-refractivity contribution in [3.05, 3.63) is 203 Å². The number of hydrogen-bond acceptors (Lipinski definition) is 1. The second kappa shape index (κ2) is 13.4. The Balaban J connectivity index is 1.08. The molecule has 272 valence electrons. The molecule has 7 aromatic carbocycles. The molecule has 0 saturated carbocycles. The molecule has 0 amide bonds. The summed E-state index contributed by atoms with van der Waals surface area (Å²) < 4.78 is 2.38. The van der Waals surface area contributed by atoms with Gasteiger partial charge in [0.1, 0.15) is 0 Å². The van der Waals surface area contributed by atoms with E-state index < -0.39 is 0 Å². The van der Waals surface area contributed by atoms with Gasteiger partial charge in [-0.2, -0.15) is 0 Å². The van der Waals surface area contributed by atoms with Crippen LogP contribution >= 0.6 is 0 Å². The molecule has 0 N–H and O–H groups in total. The van der Waals surface area contributed by atoms with Crippen molar-refractivity contribution < 1.29 is 0 Å². The van der Waals surface area contributed by atoms with Crippen molar-refractivity contribution in [2.45, 2.75) is 52.4 Å². The summed E-state index contributed by atoms with van der Waals surface area (Å²) in [5.41, 5.74) is 20.6. The minimum atomic E-state index is -0.0871. The van der Waals surface area contributed by atoms with Crippen LogP contribution in [0.25, 0.3) is 50.3 Å². The van der Waals surface area contributed by atoms with E-state index in [0.717, 1.165) is 24.9 Å². The Morgan fingerprint density at radius 1 is 0.607 bits per heavy atom. The van der Waals surface area contributed by atoms with Gasteiger partial charge in [0.2, 0.25) is 0 Å². The van der Waals surface area contributed by atoms with E-state index in [1.54, 1.807) is 0 Å². The van der Waals surface area contributed by atoms with E-state index in [1.807, 2.05) is 0 Å². The zero-order valence-electron chi connectivity index (χ0n) is 32.7. The van der Waals surface area contributed by atoms with Crippen LogP contribution in [-0.4, -0.2) is 4.57 Å². The summed E-state index contributed by atoms with van der Waals surface area (Å²) in [5.74, 6) is 0. The third kappa shape index (κ3) is 5.46. The van der Waals surface area contributed by atoms with E-state index in [9.17, 15) is 0 Å². The number of anilines is 3. The number of rotatable bonds is 7. The molecule has 56 heavy (non-hydrogen) atoms. The summed E-state index contributed by atoms with van der Waals surface area (Å²) >= 11 is 0. The second-order valence-electron chi connectivity index (χ2n) is 16.0. The maximum Gasteiger partial charge on any atom is 0.0541 e. The van der Waals surface area contributed by atoms with Crippen molar-refractivity contribution >= 4 is 50.5 Å². The first-order valence-electron chi connectivity index (χ1n) is 20.1. The number of aryl methyl sites for hydroxylation is 2. The molecule has 0 radical (unpaired) electrons. The van der Waals surface area contributed by atoms with Crippen LogP contribution in [0.2, 0.25) is 0 Å². The fourth-order valence-electron chi connectivity index (χ4n) is 9.64. The Kier molecular flexibility index (Phi) is 8.18. The Morgan fingerprint density at radius 3 is 2.12 bits per heavy atom. The summed E-state index contributed by atoms with van der Waals surface area (Å²) in [6.45, 7) is 9.39. The number of hydrogen-bond donors (Lipinski definition) is 0. The molecule has 2 heteroatoms. The number of fused-ring (bicyclic) bond motifs is 5. The molecule has 0 atom stereocenters. The van der Waals surface area contributed by atoms with Crippen LogP contribution in [0.5, 0.6) is 0 Å². The van der Waals surface area contributed by atoms with Gasteiger partial charge in [-0.15, -0.1) is 0 Å². The van der Waals surface area contributed by atoms with Gasteiger partial charge in [0.25, 0.3) is 0 Å². The fourth-order valence-corrected chi connectivity index (χ4v) is 9.64. The van der Waals surface area contributed by atoms with Crippen molar-refractivity contribution in [1.82, 2.24) is 4.57 Å². The lowest BCUT2D eigenvalue weighted by molar-refractivity contribution is 0.617. The van der Waals surface area contributed by atoms with Crippen molar-refractivity contribution in [2.75, 3.05) is 4.90 Å². The van der Waals surface area contributed by atoms with Crippen molar-refractivity contribution in [2.24, 2.45) is 0 Å². The Hall–Kier alpha value is -6.38. The molecular weight excluding hydrogens is 677 g/mol. The van der Waals surface area contributed by atoms with Gasteiger partial charge in [-0.1, -0.05) is 129 Å². The SMILES string of the molecule is CCC1=C(c2ccccc2C)c2ccc(N(c3ccc(-c4ccc5c(c4)c4ccccc4n5-c4ccccc4)cc3)c3ccc4c(c3)CCC=C4)cc2C1(C)C. The first-order valence-corrected chi connectivity index (χ1v) is 20.1. The summed E-state index contributed by atoms with van der Waals surface area (Å²) in [6.07, 6.45) is 7.74. The van der Waals surface area contributed by atoms with Gasteiger partial charge in [-0.25, -0.2) is 0 Å². The molecule has 1 aromatic heterocycles. The van der Waals surface area contributed by atoms with Crippen LogP contribution in [0, 0.1) is 6.92 Å². The number of nitrogens with zero attached hydrogens (tertiary/aromatic N) is 2. The summed E-state index contributed by atoms with van der Waals surface area (Å²) in [4.78, 5) is 2.47. The Morgan fingerprint density at radius 2 is 1.30 bits per heavy atom. The van der Waals surface area contributed by atoms with Crippen LogP contribution in [0.3, 0.4) is 0 Å². The zero-order chi connectivity index (χ0) is 38.0. The van der Waals surface area contributed by atoms with Crippen LogP contribution in [0.4, 0.5) is 17.1 Å². The average Bonchev–Trinajstić information content (AvgIpc) is 3.69. The Bertz CT molecular complexity index is 2860. The van der Waals surface area contributed by atoms with Crippen molar-refractivity contribution in [1.29, 1.82) is 0 Å². The molecule has 10 rings (SSSR count). The van der Waals surface area contributed by atoms with E-state index in [4.69, 9.17) is 0 Å². The van der Waals surface area contributed by atoms with Crippen LogP contribution in [-0.2, 0) is 11.8 Å². The third-order valence-electron chi connectivity index (χ3n) is 12.4. The van der Waals surface area contributed by atoms with Gasteiger partial charge in [-0.05, 0) is 143 Å². The summed E-state index contributed by atoms with van der Waals surface area (Å²) in [7, 11) is 0. The number of allylic oxidation sites excluding steroid dienone is 2. The molecule has 2 aliphatic carbocycles. The van der Waals surface area contributed by atoms with Gasteiger partial charge in [0.15, 0.2) is 0 Å². The number of para-hydroxylation sites is 2. The van der Waals surface area contributed by atoms with E-state index >= 15 is 0 Å². The van der Waals surface area contributed by atoms with E-state index in [2.05, 4.69) is 207 Å². The molecule has 2 aliphatic rings. The van der Waals surface area contributed by atoms with Gasteiger partial charge in [0.05, 0.1) is 11.0 Å². The smallest absolute Gasteiger partial charge is 0.0541 e. The monoisotopic (exact) mass is 722 g/mol. The topological polar surface area (TPSA) is 8.17 Å². The molecular formula is C54H46N2. The standard InChI is InChI=1S/C54H46N2/c1-5-49-53(45-20-12-9-15-36(45)2)47-31-30-44(35-50(47)54(49,3)4)55(43-29-25-37-16-10-11-17-39(37)33-43)42-27-23-38(24-28-42)40-26-32-52-48(34-40)46-21-13-14-22-51(46)56(52)41-18-7-6-8-19-41/h6-10,12-16,18-35H,5,11,17H2,1-4H3. The van der Waals surface area contributed by atoms with Gasteiger partial charge < -0.3 is 9.47 Å². The number of benzene rings is 7. The summed E-state index contributed by atoms with van der Waals surface area (Å²) in [5, 5.41) is 2.53. The van der Waals surface area contributed by atoms with Crippen LogP contribution < -0.4 is 4.90 Å². The first-order chi connectivity index (χ1) is 27.4. The van der Waals surface area contributed by atoms with E-state index in [1.165, 1.54) is 94.5 Å². The molecule has 1 heterocycles. The highest BCUT2D eigenvalue weighted by molar-refractivity contribution is 6.10. The highest BCUT2D eigenvalue weighted by Gasteiger charge is 2.38. The minimum Gasteiger partial charge on any atom is -0.310 e. The lowest BCUT2D eigenvalue weighted by Crippen LogP contribution is -2.18. The molecule has 0 spiro atoms. The molecule has 8 aromatic rings. The summed E-state index contributed by atoms with van der Waals surface area (Å²) in [6, 6.07) is 58.7. The van der Waals surface area contributed by atoms with Crippen LogP contribution in [0.15, 0.2) is 169 Å². The highest BCUT2D eigenvalue weighted by Crippen LogP contribution is 2.52. The van der Waals surface area contributed by atoms with E-state index in [-0.39, 0.29) is 5.41 Å². The second-order valence-corrected chi connectivity index (χ2v) is 16.0. The molecule has 0 saturated heterocycles. The normalized spacial score (nSPS) is 14.4. The quantitative estimate of drug-likeness (QED) is 0.159. The average molecular weight is 723 g/mol. The third-order valence-corrected chi connectivity index (χ3v) is 12.4. The number of aromatic nitrogens is 1. The molecule has 0 unspecified atom stereocenters.